The molecule has 1 amide bonds. The molecule has 0 radical (unpaired) electrons. The first-order valence-corrected chi connectivity index (χ1v) is 6.76. The molecule has 90 valence electrons. The van der Waals surface area contributed by atoms with E-state index in [1.54, 1.807) is 11.4 Å². The van der Waals surface area contributed by atoms with Crippen molar-refractivity contribution in [2.24, 2.45) is 15.9 Å². The Kier molecular flexibility index (Phi) is 2.64. The summed E-state index contributed by atoms with van der Waals surface area (Å²) in [5, 5.41) is 13.2. The van der Waals surface area contributed by atoms with Crippen LogP contribution in [0.4, 0.5) is 0 Å². The Morgan fingerprint density at radius 3 is 3.00 bits per heavy atom. The molecule has 0 aromatic carbocycles. The van der Waals surface area contributed by atoms with E-state index in [-0.39, 0.29) is 10.8 Å². The standard InChI is InChI=1S/C11H6N2O3S2/c14-9-8-6(3-18-10(8)13-4-12-9)5-1-7(11(15)16)17-2-5/h1-4,8H,(H,15,16)/t8-/m1/s1. The van der Waals surface area contributed by atoms with Crippen molar-refractivity contribution in [2.45, 2.75) is 0 Å². The van der Waals surface area contributed by atoms with Crippen LogP contribution in [0.1, 0.15) is 15.2 Å². The van der Waals surface area contributed by atoms with Crippen molar-refractivity contribution in [3.05, 3.63) is 27.3 Å². The van der Waals surface area contributed by atoms with Gasteiger partial charge >= 0.3 is 5.97 Å². The molecule has 0 saturated carbocycles. The average molecular weight is 278 g/mol. The minimum absolute atomic E-state index is 0.251. The Balaban J connectivity index is 1.98. The fraction of sp³-hybridized carbons (Fsp3) is 0.0909. The van der Waals surface area contributed by atoms with Gasteiger partial charge in [-0.3, -0.25) is 4.79 Å². The molecule has 2 aliphatic heterocycles. The summed E-state index contributed by atoms with van der Waals surface area (Å²) in [5.41, 5.74) is 1.54. The molecule has 5 nitrogen and oxygen atoms in total. The fourth-order valence-corrected chi connectivity index (χ4v) is 3.53. The minimum atomic E-state index is -0.959. The largest absolute Gasteiger partial charge is 0.477 e. The van der Waals surface area contributed by atoms with Gasteiger partial charge in [0.1, 0.15) is 17.1 Å². The molecular formula is C11H6N2O3S2. The summed E-state index contributed by atoms with van der Waals surface area (Å²) >= 11 is 2.53. The number of thiophene rings is 1. The number of amides is 1. The summed E-state index contributed by atoms with van der Waals surface area (Å²) in [6, 6.07) is 1.58. The Morgan fingerprint density at radius 2 is 2.28 bits per heavy atom. The number of fused-ring (bicyclic) bond motifs is 1. The lowest BCUT2D eigenvalue weighted by molar-refractivity contribution is -0.118. The van der Waals surface area contributed by atoms with E-state index < -0.39 is 11.9 Å². The summed E-state index contributed by atoms with van der Waals surface area (Å²) in [6.07, 6.45) is 1.26. The second-order valence-electron chi connectivity index (χ2n) is 3.68. The quantitative estimate of drug-likeness (QED) is 0.898. The third-order valence-corrected chi connectivity index (χ3v) is 4.50. The maximum absolute atomic E-state index is 11.8. The predicted octanol–water partition coefficient (Wildman–Crippen LogP) is 2.12. The van der Waals surface area contributed by atoms with E-state index in [1.165, 1.54) is 18.1 Å². The third-order valence-electron chi connectivity index (χ3n) is 2.63. The molecule has 0 fully saturated rings. The number of rotatable bonds is 2. The van der Waals surface area contributed by atoms with Gasteiger partial charge in [-0.05, 0) is 28.0 Å². The first-order valence-electron chi connectivity index (χ1n) is 5.00. The van der Waals surface area contributed by atoms with E-state index >= 15 is 0 Å². The van der Waals surface area contributed by atoms with Crippen molar-refractivity contribution in [1.29, 1.82) is 0 Å². The number of aliphatic imine (C=N–C) groups is 2. The van der Waals surface area contributed by atoms with E-state index in [1.807, 2.05) is 5.41 Å². The zero-order valence-corrected chi connectivity index (χ0v) is 10.5. The van der Waals surface area contributed by atoms with Crippen LogP contribution >= 0.6 is 23.1 Å². The number of aromatic carboxylic acids is 1. The lowest BCUT2D eigenvalue weighted by atomic mass is 9.95. The molecule has 7 heteroatoms. The van der Waals surface area contributed by atoms with Crippen molar-refractivity contribution in [3.63, 3.8) is 0 Å². The molecule has 0 aliphatic carbocycles. The maximum Gasteiger partial charge on any atom is 0.345 e. The molecular weight excluding hydrogens is 272 g/mol. The highest BCUT2D eigenvalue weighted by Gasteiger charge is 2.35. The molecule has 1 N–H and O–H groups in total. The van der Waals surface area contributed by atoms with E-state index in [0.717, 1.165) is 22.5 Å². The lowest BCUT2D eigenvalue weighted by Gasteiger charge is -2.12. The molecule has 3 rings (SSSR count). The number of hydrogen-bond acceptors (Lipinski definition) is 5. The summed E-state index contributed by atoms with van der Waals surface area (Å²) in [4.78, 5) is 30.6. The third kappa shape index (κ3) is 1.72. The zero-order valence-electron chi connectivity index (χ0n) is 8.86. The van der Waals surface area contributed by atoms with Crippen LogP contribution in [-0.4, -0.2) is 28.4 Å². The van der Waals surface area contributed by atoms with E-state index in [2.05, 4.69) is 9.98 Å². The van der Waals surface area contributed by atoms with Crippen LogP contribution in [0.2, 0.25) is 0 Å². The van der Waals surface area contributed by atoms with Gasteiger partial charge in [-0.15, -0.1) is 11.3 Å². The molecule has 3 heterocycles. The van der Waals surface area contributed by atoms with Crippen LogP contribution in [0.5, 0.6) is 0 Å². The Labute approximate surface area is 110 Å². The van der Waals surface area contributed by atoms with Gasteiger partial charge in [0.05, 0.1) is 5.04 Å². The molecule has 2 aliphatic rings. The molecule has 0 unspecified atom stereocenters. The predicted molar refractivity (Wildman–Crippen MR) is 71.3 cm³/mol. The van der Waals surface area contributed by atoms with Gasteiger partial charge in [-0.2, -0.15) is 0 Å². The van der Waals surface area contributed by atoms with Crippen LogP contribution in [-0.2, 0) is 4.79 Å². The molecule has 0 spiro atoms. The second kappa shape index (κ2) is 4.18. The molecule has 0 saturated heterocycles. The number of carboxylic acids is 1. The van der Waals surface area contributed by atoms with Crippen LogP contribution in [0, 0.1) is 5.92 Å². The van der Waals surface area contributed by atoms with Gasteiger partial charge in [0.2, 0.25) is 0 Å². The van der Waals surface area contributed by atoms with Crippen molar-refractivity contribution in [2.75, 3.05) is 0 Å². The second-order valence-corrected chi connectivity index (χ2v) is 5.48. The van der Waals surface area contributed by atoms with E-state index in [9.17, 15) is 9.59 Å². The van der Waals surface area contributed by atoms with Crippen LogP contribution in [0.15, 0.2) is 26.8 Å². The van der Waals surface area contributed by atoms with Gasteiger partial charge < -0.3 is 5.11 Å². The molecule has 1 aromatic heterocycles. The highest BCUT2D eigenvalue weighted by molar-refractivity contribution is 8.17. The number of nitrogens with zero attached hydrogens (tertiary/aromatic N) is 2. The lowest BCUT2D eigenvalue weighted by Crippen LogP contribution is -2.21. The van der Waals surface area contributed by atoms with Crippen LogP contribution in [0.3, 0.4) is 0 Å². The van der Waals surface area contributed by atoms with Crippen molar-refractivity contribution >= 4 is 51.9 Å². The fourth-order valence-electron chi connectivity index (χ4n) is 1.79. The molecule has 1 aromatic rings. The topological polar surface area (TPSA) is 79.1 Å². The Morgan fingerprint density at radius 1 is 1.44 bits per heavy atom. The van der Waals surface area contributed by atoms with E-state index in [0.29, 0.717) is 5.04 Å². The van der Waals surface area contributed by atoms with Gasteiger partial charge in [0.15, 0.2) is 0 Å². The monoisotopic (exact) mass is 278 g/mol. The number of hydrogen-bond donors (Lipinski definition) is 1. The first kappa shape index (κ1) is 11.4. The molecule has 18 heavy (non-hydrogen) atoms. The normalized spacial score (nSPS) is 21.6. The zero-order chi connectivity index (χ0) is 12.7. The number of carbonyl (C=O) groups excluding carboxylic acids is 1. The van der Waals surface area contributed by atoms with Gasteiger partial charge in [0, 0.05) is 0 Å². The summed E-state index contributed by atoms with van der Waals surface area (Å²) in [7, 11) is 0. The number of carboxylic acid groups (broad SMARTS) is 1. The summed E-state index contributed by atoms with van der Waals surface area (Å²) in [6.45, 7) is 0. The summed E-state index contributed by atoms with van der Waals surface area (Å²) < 4.78 is 0. The van der Waals surface area contributed by atoms with Crippen molar-refractivity contribution < 1.29 is 14.7 Å². The summed E-state index contributed by atoms with van der Waals surface area (Å²) in [5.74, 6) is -1.67. The van der Waals surface area contributed by atoms with Crippen LogP contribution < -0.4 is 0 Å². The van der Waals surface area contributed by atoms with Gasteiger partial charge in [0.25, 0.3) is 5.91 Å². The first-order chi connectivity index (χ1) is 8.66. The highest BCUT2D eigenvalue weighted by atomic mass is 32.2. The van der Waals surface area contributed by atoms with E-state index in [4.69, 9.17) is 5.11 Å². The minimum Gasteiger partial charge on any atom is -0.477 e. The van der Waals surface area contributed by atoms with Crippen LogP contribution in [0.25, 0.3) is 5.57 Å². The average Bonchev–Trinajstić information content (AvgIpc) is 2.94. The Bertz CT molecular complexity index is 642. The van der Waals surface area contributed by atoms with Gasteiger partial charge in [-0.25, -0.2) is 14.8 Å². The maximum atomic E-state index is 11.8. The molecule has 1 atom stereocenters. The highest BCUT2D eigenvalue weighted by Crippen LogP contribution is 2.40. The number of carbonyl (C=O) groups is 2. The van der Waals surface area contributed by atoms with Crippen molar-refractivity contribution in [3.8, 4) is 0 Å². The Hall–Kier alpha value is -1.73. The smallest absolute Gasteiger partial charge is 0.345 e. The molecule has 0 bridgehead atoms. The number of thioether (sulfide) groups is 1. The van der Waals surface area contributed by atoms with Gasteiger partial charge in [-0.1, -0.05) is 11.8 Å². The SMILES string of the molecule is O=C(O)c1cc(C2=CSC3=NC=NC(=O)[C@@H]23)cs1. The van der Waals surface area contributed by atoms with Crippen molar-refractivity contribution in [1.82, 2.24) is 0 Å².